The topological polar surface area (TPSA) is 109 Å². The highest BCUT2D eigenvalue weighted by Crippen LogP contribution is 2.21. The number of halogens is 2. The fourth-order valence-corrected chi connectivity index (χ4v) is 3.03. The van der Waals surface area contributed by atoms with Crippen LogP contribution in [0.25, 0.3) is 0 Å². The molecule has 3 aromatic rings. The van der Waals surface area contributed by atoms with Gasteiger partial charge in [0.05, 0.1) is 18.8 Å². The summed E-state index contributed by atoms with van der Waals surface area (Å²) in [5, 5.41) is 6.55. The van der Waals surface area contributed by atoms with Gasteiger partial charge >= 0.3 is 0 Å². The van der Waals surface area contributed by atoms with E-state index in [1.54, 1.807) is 36.2 Å². The normalized spacial score (nSPS) is 10.8. The third-order valence-corrected chi connectivity index (χ3v) is 4.72. The van der Waals surface area contributed by atoms with Gasteiger partial charge in [0.2, 0.25) is 17.8 Å². The molecule has 150 valence electrons. The Labute approximate surface area is 181 Å². The van der Waals surface area contributed by atoms with Crippen LogP contribution >= 0.6 is 27.5 Å². The van der Waals surface area contributed by atoms with Crippen LogP contribution in [0.5, 0.6) is 0 Å². The van der Waals surface area contributed by atoms with Crippen molar-refractivity contribution in [3.63, 3.8) is 0 Å². The lowest BCUT2D eigenvalue weighted by molar-refractivity contribution is -0.117. The monoisotopic (exact) mass is 475 g/mol. The average molecular weight is 477 g/mol. The van der Waals surface area contributed by atoms with Gasteiger partial charge in [-0.15, -0.1) is 0 Å². The number of carbonyl (C=O) groups is 1. The molecule has 0 radical (unpaired) electrons. The predicted octanol–water partition coefficient (Wildman–Crippen LogP) is 3.68. The molecule has 4 N–H and O–H groups in total. The second-order valence-corrected chi connectivity index (χ2v) is 7.56. The number of hydrogen-bond donors (Lipinski definition) is 3. The number of nitrogens with two attached hydrogens (primary N) is 1. The summed E-state index contributed by atoms with van der Waals surface area (Å²) in [5.74, 6) is 0.713. The van der Waals surface area contributed by atoms with Crippen molar-refractivity contribution in [1.82, 2.24) is 19.9 Å². The maximum atomic E-state index is 12.3. The van der Waals surface area contributed by atoms with Gasteiger partial charge < -0.3 is 16.4 Å². The van der Waals surface area contributed by atoms with Gasteiger partial charge in [0.15, 0.2) is 0 Å². The van der Waals surface area contributed by atoms with E-state index in [0.717, 1.165) is 10.2 Å². The predicted molar refractivity (Wildman–Crippen MR) is 118 cm³/mol. The molecule has 0 saturated carbocycles. The van der Waals surface area contributed by atoms with Crippen molar-refractivity contribution in [2.75, 3.05) is 30.0 Å². The van der Waals surface area contributed by atoms with Crippen LogP contribution in [0.2, 0.25) is 5.02 Å². The summed E-state index contributed by atoms with van der Waals surface area (Å²) >= 11 is 9.30. The zero-order valence-corrected chi connectivity index (χ0v) is 17.9. The molecule has 0 atom stereocenters. The van der Waals surface area contributed by atoms with Gasteiger partial charge in [-0.2, -0.15) is 15.0 Å². The van der Waals surface area contributed by atoms with Gasteiger partial charge in [0.1, 0.15) is 5.82 Å². The lowest BCUT2D eigenvalue weighted by Gasteiger charge is -2.16. The first kappa shape index (κ1) is 21.0. The van der Waals surface area contributed by atoms with Crippen molar-refractivity contribution < 1.29 is 4.79 Å². The van der Waals surface area contributed by atoms with E-state index in [-0.39, 0.29) is 18.4 Å². The van der Waals surface area contributed by atoms with Crippen LogP contribution in [-0.2, 0) is 11.3 Å². The molecule has 2 aromatic carbocycles. The number of hydrogen-bond acceptors (Lipinski definition) is 7. The molecule has 29 heavy (non-hydrogen) atoms. The zero-order chi connectivity index (χ0) is 20.8. The number of anilines is 4. The van der Waals surface area contributed by atoms with E-state index >= 15 is 0 Å². The minimum absolute atomic E-state index is 0.0949. The van der Waals surface area contributed by atoms with Crippen LogP contribution in [0, 0.1) is 0 Å². The van der Waals surface area contributed by atoms with Crippen LogP contribution in [0.1, 0.15) is 5.82 Å². The summed E-state index contributed by atoms with van der Waals surface area (Å²) in [7, 11) is 1.80. The Morgan fingerprint density at radius 2 is 1.86 bits per heavy atom. The molecule has 1 aromatic heterocycles. The Bertz CT molecular complexity index is 1000. The van der Waals surface area contributed by atoms with Crippen molar-refractivity contribution in [2.45, 2.75) is 6.54 Å². The van der Waals surface area contributed by atoms with E-state index in [4.69, 9.17) is 17.3 Å². The van der Waals surface area contributed by atoms with Crippen LogP contribution in [0.15, 0.2) is 53.0 Å². The van der Waals surface area contributed by atoms with Crippen LogP contribution in [0.4, 0.5) is 23.3 Å². The minimum Gasteiger partial charge on any atom is -0.368 e. The van der Waals surface area contributed by atoms with E-state index in [0.29, 0.717) is 29.0 Å². The van der Waals surface area contributed by atoms with Crippen molar-refractivity contribution in [3.05, 3.63) is 63.9 Å². The van der Waals surface area contributed by atoms with Gasteiger partial charge in [-0.1, -0.05) is 23.7 Å². The molecule has 10 heteroatoms. The smallest absolute Gasteiger partial charge is 0.238 e. The third-order valence-electron chi connectivity index (χ3n) is 3.77. The highest BCUT2D eigenvalue weighted by molar-refractivity contribution is 9.10. The van der Waals surface area contributed by atoms with E-state index in [1.165, 1.54) is 0 Å². The molecule has 0 aliphatic rings. The lowest BCUT2D eigenvalue weighted by atomic mass is 10.3. The SMILES string of the molecule is CN(CC(=O)Nc1ccccc1Br)Cc1nc(N)nc(Nc2ccc(Cl)cc2)n1. The molecule has 1 heterocycles. The number of nitrogen functional groups attached to an aromatic ring is 1. The highest BCUT2D eigenvalue weighted by Gasteiger charge is 2.12. The number of rotatable bonds is 7. The van der Waals surface area contributed by atoms with Crippen LogP contribution in [0.3, 0.4) is 0 Å². The number of likely N-dealkylation sites (N-methyl/N-ethyl adjacent to an activating group) is 1. The van der Waals surface area contributed by atoms with E-state index in [9.17, 15) is 4.79 Å². The average Bonchev–Trinajstić information content (AvgIpc) is 2.65. The van der Waals surface area contributed by atoms with Gasteiger partial charge in [-0.25, -0.2) is 0 Å². The lowest BCUT2D eigenvalue weighted by Crippen LogP contribution is -2.30. The number of nitrogens with one attached hydrogen (secondary N) is 2. The van der Waals surface area contributed by atoms with Gasteiger partial charge in [0.25, 0.3) is 0 Å². The first-order valence-electron chi connectivity index (χ1n) is 8.65. The van der Waals surface area contributed by atoms with E-state index in [1.807, 2.05) is 24.3 Å². The number of nitrogens with zero attached hydrogens (tertiary/aromatic N) is 4. The summed E-state index contributed by atoms with van der Waals surface area (Å²) in [6.45, 7) is 0.484. The van der Waals surface area contributed by atoms with Crippen molar-refractivity contribution in [1.29, 1.82) is 0 Å². The number of para-hydroxylation sites is 1. The zero-order valence-electron chi connectivity index (χ0n) is 15.6. The second kappa shape index (κ2) is 9.64. The molecule has 0 fully saturated rings. The summed E-state index contributed by atoms with van der Waals surface area (Å²) in [5.41, 5.74) is 7.29. The van der Waals surface area contributed by atoms with Crippen molar-refractivity contribution in [3.8, 4) is 0 Å². The highest BCUT2D eigenvalue weighted by atomic mass is 79.9. The fraction of sp³-hybridized carbons (Fsp3) is 0.158. The maximum Gasteiger partial charge on any atom is 0.238 e. The molecule has 3 rings (SSSR count). The molecular formula is C19H19BrClN7O. The molecule has 0 bridgehead atoms. The van der Waals surface area contributed by atoms with Gasteiger partial charge in [0, 0.05) is 15.2 Å². The standard InChI is InChI=1S/C19H19BrClN7O/c1-28(11-17(29)24-15-5-3-2-4-14(15)20)10-16-25-18(22)27-19(26-16)23-13-8-6-12(21)7-9-13/h2-9H,10-11H2,1H3,(H,24,29)(H3,22,23,25,26,27). The molecular weight excluding hydrogens is 458 g/mol. The number of benzene rings is 2. The molecule has 8 nitrogen and oxygen atoms in total. The van der Waals surface area contributed by atoms with Crippen molar-refractivity contribution in [2.24, 2.45) is 0 Å². The molecule has 0 saturated heterocycles. The molecule has 0 unspecified atom stereocenters. The third kappa shape index (κ3) is 6.38. The van der Waals surface area contributed by atoms with E-state index < -0.39 is 0 Å². The number of carbonyl (C=O) groups excluding carboxylic acids is 1. The fourth-order valence-electron chi connectivity index (χ4n) is 2.52. The largest absolute Gasteiger partial charge is 0.368 e. The molecule has 1 amide bonds. The van der Waals surface area contributed by atoms with E-state index in [2.05, 4.69) is 41.5 Å². The Morgan fingerprint density at radius 1 is 1.14 bits per heavy atom. The first-order valence-corrected chi connectivity index (χ1v) is 9.82. The summed E-state index contributed by atoms with van der Waals surface area (Å²) in [6, 6.07) is 14.5. The van der Waals surface area contributed by atoms with Crippen LogP contribution in [-0.4, -0.2) is 39.4 Å². The Morgan fingerprint density at radius 3 is 2.59 bits per heavy atom. The molecule has 0 spiro atoms. The minimum atomic E-state index is -0.152. The number of aromatic nitrogens is 3. The first-order chi connectivity index (χ1) is 13.9. The quantitative estimate of drug-likeness (QED) is 0.477. The summed E-state index contributed by atoms with van der Waals surface area (Å²) < 4.78 is 0.819. The van der Waals surface area contributed by atoms with Crippen LogP contribution < -0.4 is 16.4 Å². The summed E-state index contributed by atoms with van der Waals surface area (Å²) in [6.07, 6.45) is 0. The Kier molecular flexibility index (Phi) is 6.97. The second-order valence-electron chi connectivity index (χ2n) is 6.27. The molecule has 0 aliphatic heterocycles. The maximum absolute atomic E-state index is 12.3. The Hall–Kier alpha value is -2.75. The summed E-state index contributed by atoms with van der Waals surface area (Å²) in [4.78, 5) is 26.7. The van der Waals surface area contributed by atoms with Gasteiger partial charge in [-0.3, -0.25) is 9.69 Å². The molecule has 0 aliphatic carbocycles. The Balaban J connectivity index is 1.61. The number of amides is 1. The van der Waals surface area contributed by atoms with Gasteiger partial charge in [-0.05, 0) is 59.4 Å². The van der Waals surface area contributed by atoms with Crippen molar-refractivity contribution >= 4 is 56.7 Å².